The van der Waals surface area contributed by atoms with Crippen molar-refractivity contribution in [3.8, 4) is 0 Å². The van der Waals surface area contributed by atoms with Gasteiger partial charge in [0.25, 0.3) is 0 Å². The van der Waals surface area contributed by atoms with Crippen LogP contribution in [0, 0.1) is 0 Å². The van der Waals surface area contributed by atoms with Gasteiger partial charge < -0.3 is 10.2 Å². The van der Waals surface area contributed by atoms with Crippen LogP contribution in [0.1, 0.15) is 43.2 Å². The molecule has 2 aliphatic rings. The predicted octanol–water partition coefficient (Wildman–Crippen LogP) is 3.18. The summed E-state index contributed by atoms with van der Waals surface area (Å²) in [5.74, 6) is 2.13. The van der Waals surface area contributed by atoms with Crippen LogP contribution in [0.3, 0.4) is 0 Å². The number of hydrogen-bond donors (Lipinski definition) is 2. The average molecular weight is 553 g/mol. The molecule has 1 aromatic carbocycles. The van der Waals surface area contributed by atoms with Gasteiger partial charge >= 0.3 is 0 Å². The minimum atomic E-state index is -3.24. The molecule has 1 spiro atoms. The SMILES string of the molecule is CN=C(NCc1ccc(CS(=O)(=O)NC)cc1)N1CCSC2(CCCCC2)C1.I. The summed E-state index contributed by atoms with van der Waals surface area (Å²) in [4.78, 5) is 6.93. The van der Waals surface area contributed by atoms with Crippen molar-refractivity contribution in [3.05, 3.63) is 35.4 Å². The van der Waals surface area contributed by atoms with Gasteiger partial charge in [-0.3, -0.25) is 4.99 Å². The fourth-order valence-corrected chi connectivity index (χ4v) is 6.43. The van der Waals surface area contributed by atoms with Gasteiger partial charge in [-0.05, 0) is 31.0 Å². The molecule has 0 radical (unpaired) electrons. The van der Waals surface area contributed by atoms with E-state index in [0.717, 1.165) is 35.9 Å². The Balaban J connectivity index is 0.00000300. The first-order valence-corrected chi connectivity index (χ1v) is 12.7. The van der Waals surface area contributed by atoms with E-state index < -0.39 is 10.0 Å². The topological polar surface area (TPSA) is 73.8 Å². The maximum atomic E-state index is 11.7. The Morgan fingerprint density at radius 3 is 2.45 bits per heavy atom. The monoisotopic (exact) mass is 552 g/mol. The van der Waals surface area contributed by atoms with E-state index in [1.165, 1.54) is 39.2 Å². The molecule has 0 bridgehead atoms. The van der Waals surface area contributed by atoms with Gasteiger partial charge in [0, 0.05) is 37.2 Å². The molecule has 9 heteroatoms. The minimum absolute atomic E-state index is 0. The zero-order chi connectivity index (χ0) is 20.0. The molecule has 1 aromatic rings. The molecule has 0 amide bonds. The van der Waals surface area contributed by atoms with Crippen LogP contribution >= 0.6 is 35.7 Å². The number of rotatable bonds is 5. The molecule has 29 heavy (non-hydrogen) atoms. The van der Waals surface area contributed by atoms with Gasteiger partial charge in [0.15, 0.2) is 5.96 Å². The van der Waals surface area contributed by atoms with Crippen LogP contribution in [0.2, 0.25) is 0 Å². The van der Waals surface area contributed by atoms with Crippen LogP contribution in [-0.2, 0) is 22.3 Å². The quantitative estimate of drug-likeness (QED) is 0.334. The van der Waals surface area contributed by atoms with Gasteiger partial charge in [0.1, 0.15) is 0 Å². The summed E-state index contributed by atoms with van der Waals surface area (Å²) in [5.41, 5.74) is 1.90. The Labute approximate surface area is 196 Å². The van der Waals surface area contributed by atoms with Gasteiger partial charge in [-0.15, -0.1) is 24.0 Å². The highest BCUT2D eigenvalue weighted by molar-refractivity contribution is 14.0. The predicted molar refractivity (Wildman–Crippen MR) is 134 cm³/mol. The third-order valence-corrected chi connectivity index (χ3v) is 8.54. The van der Waals surface area contributed by atoms with E-state index in [1.54, 1.807) is 0 Å². The molecule has 0 aromatic heterocycles. The van der Waals surface area contributed by atoms with E-state index in [-0.39, 0.29) is 29.7 Å². The van der Waals surface area contributed by atoms with Crippen molar-refractivity contribution in [2.75, 3.05) is 32.9 Å². The Morgan fingerprint density at radius 2 is 1.83 bits per heavy atom. The number of benzene rings is 1. The summed E-state index contributed by atoms with van der Waals surface area (Å²) in [5, 5.41) is 3.49. The fraction of sp³-hybridized carbons (Fsp3) is 0.650. The average Bonchev–Trinajstić information content (AvgIpc) is 2.70. The van der Waals surface area contributed by atoms with Crippen molar-refractivity contribution >= 4 is 51.7 Å². The van der Waals surface area contributed by atoms with Crippen molar-refractivity contribution in [2.45, 2.75) is 49.1 Å². The van der Waals surface area contributed by atoms with Crippen LogP contribution in [0.25, 0.3) is 0 Å². The lowest BCUT2D eigenvalue weighted by atomic mass is 9.87. The summed E-state index contributed by atoms with van der Waals surface area (Å²) >= 11 is 2.16. The van der Waals surface area contributed by atoms with Crippen LogP contribution in [0.5, 0.6) is 0 Å². The summed E-state index contributed by atoms with van der Waals surface area (Å²) in [6.07, 6.45) is 6.72. The molecular formula is C20H33IN4O2S2. The van der Waals surface area contributed by atoms with Crippen molar-refractivity contribution in [1.82, 2.24) is 14.9 Å². The molecule has 0 unspecified atom stereocenters. The summed E-state index contributed by atoms with van der Waals surface area (Å²) < 4.78 is 26.1. The molecule has 2 fully saturated rings. The second kappa shape index (κ2) is 11.2. The largest absolute Gasteiger partial charge is 0.352 e. The van der Waals surface area contributed by atoms with Crippen molar-refractivity contribution in [3.63, 3.8) is 0 Å². The molecular weight excluding hydrogens is 519 g/mol. The van der Waals surface area contributed by atoms with Crippen LogP contribution in [0.15, 0.2) is 29.3 Å². The molecule has 0 atom stereocenters. The third kappa shape index (κ3) is 7.00. The van der Waals surface area contributed by atoms with E-state index >= 15 is 0 Å². The van der Waals surface area contributed by atoms with Crippen molar-refractivity contribution < 1.29 is 8.42 Å². The van der Waals surface area contributed by atoms with E-state index in [1.807, 2.05) is 31.3 Å². The minimum Gasteiger partial charge on any atom is -0.352 e. The lowest BCUT2D eigenvalue weighted by Crippen LogP contribution is -2.53. The van der Waals surface area contributed by atoms with Crippen molar-refractivity contribution in [1.29, 1.82) is 0 Å². The van der Waals surface area contributed by atoms with E-state index in [2.05, 4.69) is 31.7 Å². The summed E-state index contributed by atoms with van der Waals surface area (Å²) in [6.45, 7) is 2.80. The molecule has 2 N–H and O–H groups in total. The maximum Gasteiger partial charge on any atom is 0.215 e. The van der Waals surface area contributed by atoms with Crippen LogP contribution in [-0.4, -0.2) is 57.0 Å². The third-order valence-electron chi connectivity index (χ3n) is 5.67. The van der Waals surface area contributed by atoms with Gasteiger partial charge in [-0.2, -0.15) is 11.8 Å². The van der Waals surface area contributed by atoms with Gasteiger partial charge in [-0.1, -0.05) is 43.5 Å². The number of guanidine groups is 1. The molecule has 1 saturated heterocycles. The standard InChI is InChI=1S/C20H32N4O2S2.HI/c1-21-19(24-12-13-27-20(16-24)10-4-3-5-11-20)23-14-17-6-8-18(9-7-17)15-28(25,26)22-2;/h6-9,22H,3-5,10-16H2,1-2H3,(H,21,23);1H. The Bertz CT molecular complexity index is 773. The first kappa shape index (κ1) is 24.7. The number of sulfonamides is 1. The lowest BCUT2D eigenvalue weighted by Gasteiger charge is -2.45. The number of halogens is 1. The number of hydrogen-bond acceptors (Lipinski definition) is 4. The zero-order valence-electron chi connectivity index (χ0n) is 17.3. The van der Waals surface area contributed by atoms with Gasteiger partial charge in [0.05, 0.1) is 5.75 Å². The van der Waals surface area contributed by atoms with E-state index in [0.29, 0.717) is 11.3 Å². The first-order chi connectivity index (χ1) is 13.5. The Kier molecular flexibility index (Phi) is 9.56. The Morgan fingerprint density at radius 1 is 1.17 bits per heavy atom. The van der Waals surface area contributed by atoms with Gasteiger partial charge in [-0.25, -0.2) is 13.1 Å². The molecule has 1 aliphatic heterocycles. The molecule has 1 aliphatic carbocycles. The number of thioether (sulfide) groups is 1. The number of nitrogens with zero attached hydrogens (tertiary/aromatic N) is 2. The van der Waals surface area contributed by atoms with Crippen LogP contribution < -0.4 is 10.0 Å². The maximum absolute atomic E-state index is 11.7. The normalized spacial score (nSPS) is 19.7. The lowest BCUT2D eigenvalue weighted by molar-refractivity contribution is 0.293. The fourth-order valence-electron chi connectivity index (χ4n) is 4.08. The summed E-state index contributed by atoms with van der Waals surface area (Å²) in [7, 11) is 0.0541. The second-order valence-corrected chi connectivity index (χ2v) is 11.2. The highest BCUT2D eigenvalue weighted by atomic mass is 127. The molecule has 6 nitrogen and oxygen atoms in total. The zero-order valence-corrected chi connectivity index (χ0v) is 21.3. The van der Waals surface area contributed by atoms with E-state index in [9.17, 15) is 8.42 Å². The molecule has 3 rings (SSSR count). The molecule has 164 valence electrons. The highest BCUT2D eigenvalue weighted by Crippen LogP contribution is 2.42. The summed E-state index contributed by atoms with van der Waals surface area (Å²) in [6, 6.07) is 7.72. The first-order valence-electron chi connectivity index (χ1n) is 10.0. The molecule has 1 heterocycles. The van der Waals surface area contributed by atoms with Crippen molar-refractivity contribution in [2.24, 2.45) is 4.99 Å². The smallest absolute Gasteiger partial charge is 0.215 e. The Hall–Kier alpha value is -0.520. The number of aliphatic imine (C=N–C) groups is 1. The van der Waals surface area contributed by atoms with Gasteiger partial charge in [0.2, 0.25) is 10.0 Å². The highest BCUT2D eigenvalue weighted by Gasteiger charge is 2.38. The molecule has 1 saturated carbocycles. The number of nitrogens with one attached hydrogen (secondary N) is 2. The second-order valence-electron chi connectivity index (χ2n) is 7.69. The van der Waals surface area contributed by atoms with Crippen LogP contribution in [0.4, 0.5) is 0 Å². The van der Waals surface area contributed by atoms with E-state index in [4.69, 9.17) is 0 Å².